The van der Waals surface area contributed by atoms with Crippen molar-refractivity contribution in [3.05, 3.63) is 47.9 Å². The maximum absolute atomic E-state index is 10.6. The number of hydrogen-bond acceptors (Lipinski definition) is 4. The average Bonchev–Trinajstić information content (AvgIpc) is 2.41. The van der Waals surface area contributed by atoms with Crippen LogP contribution in [0.2, 0.25) is 0 Å². The first kappa shape index (κ1) is 13.5. The molecule has 98 valence electrons. The molecule has 0 bridgehead atoms. The first-order valence-corrected chi connectivity index (χ1v) is 6.78. The van der Waals surface area contributed by atoms with Gasteiger partial charge in [-0.15, -0.1) is 0 Å². The van der Waals surface area contributed by atoms with E-state index in [1.54, 1.807) is 18.1 Å². The molecule has 0 aliphatic heterocycles. The molecule has 1 aromatic carbocycles. The molecule has 0 amide bonds. The molecule has 0 saturated heterocycles. The zero-order valence-electron chi connectivity index (χ0n) is 10.5. The lowest BCUT2D eigenvalue weighted by molar-refractivity contribution is -0.136. The van der Waals surface area contributed by atoms with Crippen molar-refractivity contribution in [1.82, 2.24) is 9.97 Å². The summed E-state index contributed by atoms with van der Waals surface area (Å²) in [6, 6.07) is 9.46. The molecule has 1 N–H and O–H groups in total. The normalized spacial score (nSPS) is 10.4. The molecule has 0 unspecified atom stereocenters. The monoisotopic (exact) mass is 274 g/mol. The van der Waals surface area contributed by atoms with Crippen LogP contribution in [0.3, 0.4) is 0 Å². The zero-order chi connectivity index (χ0) is 13.7. The van der Waals surface area contributed by atoms with Crippen molar-refractivity contribution < 1.29 is 9.90 Å². The van der Waals surface area contributed by atoms with E-state index in [-0.39, 0.29) is 6.42 Å². The number of aromatic nitrogens is 2. The molecule has 0 aliphatic rings. The van der Waals surface area contributed by atoms with E-state index in [9.17, 15) is 4.79 Å². The molecule has 19 heavy (non-hydrogen) atoms. The summed E-state index contributed by atoms with van der Waals surface area (Å²) in [5, 5.41) is 9.61. The highest BCUT2D eigenvalue weighted by atomic mass is 32.2. The summed E-state index contributed by atoms with van der Waals surface area (Å²) < 4.78 is 0. The number of carboxylic acids is 1. The van der Waals surface area contributed by atoms with Crippen molar-refractivity contribution >= 4 is 17.7 Å². The van der Waals surface area contributed by atoms with Crippen LogP contribution >= 0.6 is 11.8 Å². The van der Waals surface area contributed by atoms with E-state index < -0.39 is 5.97 Å². The zero-order valence-corrected chi connectivity index (χ0v) is 11.4. The molecule has 0 radical (unpaired) electrons. The van der Waals surface area contributed by atoms with Crippen molar-refractivity contribution in [2.24, 2.45) is 0 Å². The Bertz CT molecular complexity index is 570. The van der Waals surface area contributed by atoms with Gasteiger partial charge in [-0.1, -0.05) is 30.8 Å². The smallest absolute Gasteiger partial charge is 0.307 e. The minimum absolute atomic E-state index is 0.0540. The van der Waals surface area contributed by atoms with E-state index in [4.69, 9.17) is 5.11 Å². The van der Waals surface area contributed by atoms with Crippen LogP contribution in [0.5, 0.6) is 0 Å². The fourth-order valence-electron chi connectivity index (χ4n) is 1.60. The minimum atomic E-state index is -0.816. The maximum atomic E-state index is 10.6. The molecule has 2 rings (SSSR count). The highest BCUT2D eigenvalue weighted by Gasteiger charge is 2.03. The van der Waals surface area contributed by atoms with E-state index >= 15 is 0 Å². The number of nitrogens with zero attached hydrogens (tertiary/aromatic N) is 2. The molecule has 0 aliphatic carbocycles. The predicted molar refractivity (Wildman–Crippen MR) is 73.3 cm³/mol. The molecular weight excluding hydrogens is 260 g/mol. The number of carbonyl (C=O) groups is 1. The third-order valence-electron chi connectivity index (χ3n) is 2.56. The van der Waals surface area contributed by atoms with Gasteiger partial charge in [-0.05, 0) is 30.2 Å². The molecule has 0 atom stereocenters. The van der Waals surface area contributed by atoms with Gasteiger partial charge >= 0.3 is 5.97 Å². The molecule has 4 nitrogen and oxygen atoms in total. The lowest BCUT2D eigenvalue weighted by Gasteiger charge is -2.03. The second-order valence-electron chi connectivity index (χ2n) is 4.02. The highest BCUT2D eigenvalue weighted by Crippen LogP contribution is 2.26. The Morgan fingerprint density at radius 2 is 2.00 bits per heavy atom. The molecule has 1 aromatic heterocycles. The number of aryl methyl sites for hydroxylation is 1. The van der Waals surface area contributed by atoms with Crippen LogP contribution < -0.4 is 0 Å². The first-order valence-electron chi connectivity index (χ1n) is 5.97. The van der Waals surface area contributed by atoms with Gasteiger partial charge in [-0.25, -0.2) is 9.97 Å². The van der Waals surface area contributed by atoms with Gasteiger partial charge < -0.3 is 5.11 Å². The van der Waals surface area contributed by atoms with Gasteiger partial charge in [0.1, 0.15) is 11.4 Å². The SMILES string of the molecule is CCc1cc(Sc2ccc(CC(=O)O)cc2)ncn1. The summed E-state index contributed by atoms with van der Waals surface area (Å²) in [6.45, 7) is 2.05. The molecule has 5 heteroatoms. The highest BCUT2D eigenvalue weighted by molar-refractivity contribution is 7.99. The minimum Gasteiger partial charge on any atom is -0.481 e. The molecular formula is C14H14N2O2S. The molecule has 0 fully saturated rings. The number of benzene rings is 1. The Kier molecular flexibility index (Phi) is 4.52. The Balaban J connectivity index is 2.08. The average molecular weight is 274 g/mol. The standard InChI is InChI=1S/C14H14N2O2S/c1-2-11-8-13(16-9-15-11)19-12-5-3-10(4-6-12)7-14(17)18/h3-6,8-9H,2,7H2,1H3,(H,17,18). The first-order chi connectivity index (χ1) is 9.17. The van der Waals surface area contributed by atoms with Crippen molar-refractivity contribution in [3.8, 4) is 0 Å². The molecule has 1 heterocycles. The quantitative estimate of drug-likeness (QED) is 0.849. The third-order valence-corrected chi connectivity index (χ3v) is 3.50. The number of hydrogen-bond donors (Lipinski definition) is 1. The topological polar surface area (TPSA) is 63.1 Å². The van der Waals surface area contributed by atoms with Crippen LogP contribution in [-0.2, 0) is 17.6 Å². The Morgan fingerprint density at radius 3 is 2.63 bits per heavy atom. The number of aliphatic carboxylic acids is 1. The van der Waals surface area contributed by atoms with Gasteiger partial charge in [-0.2, -0.15) is 0 Å². The largest absolute Gasteiger partial charge is 0.481 e. The second-order valence-corrected chi connectivity index (χ2v) is 5.11. The summed E-state index contributed by atoms with van der Waals surface area (Å²) >= 11 is 1.55. The van der Waals surface area contributed by atoms with Crippen molar-refractivity contribution in [1.29, 1.82) is 0 Å². The van der Waals surface area contributed by atoms with Crippen LogP contribution in [0, 0.1) is 0 Å². The van der Waals surface area contributed by atoms with Gasteiger partial charge in [0.2, 0.25) is 0 Å². The number of rotatable bonds is 5. The van der Waals surface area contributed by atoms with Crippen molar-refractivity contribution in [2.45, 2.75) is 29.7 Å². The van der Waals surface area contributed by atoms with E-state index in [2.05, 4.69) is 16.9 Å². The van der Waals surface area contributed by atoms with Crippen LogP contribution in [0.15, 0.2) is 46.6 Å². The molecule has 0 saturated carbocycles. The van der Waals surface area contributed by atoms with Crippen LogP contribution in [0.4, 0.5) is 0 Å². The lowest BCUT2D eigenvalue weighted by Crippen LogP contribution is -1.99. The van der Waals surface area contributed by atoms with E-state index in [1.165, 1.54) is 0 Å². The van der Waals surface area contributed by atoms with Gasteiger partial charge in [0, 0.05) is 10.6 Å². The third kappa shape index (κ3) is 4.06. The summed E-state index contributed by atoms with van der Waals surface area (Å²) in [6.07, 6.45) is 2.51. The van der Waals surface area contributed by atoms with Crippen molar-refractivity contribution in [3.63, 3.8) is 0 Å². The Morgan fingerprint density at radius 1 is 1.26 bits per heavy atom. The number of carboxylic acid groups (broad SMARTS) is 1. The molecule has 0 spiro atoms. The summed E-state index contributed by atoms with van der Waals surface area (Å²) in [7, 11) is 0. The second kappa shape index (κ2) is 6.33. The summed E-state index contributed by atoms with van der Waals surface area (Å²) in [5.41, 5.74) is 1.81. The Hall–Kier alpha value is -1.88. The summed E-state index contributed by atoms with van der Waals surface area (Å²) in [4.78, 5) is 20.0. The van der Waals surface area contributed by atoms with Gasteiger partial charge in [-0.3, -0.25) is 4.79 Å². The van der Waals surface area contributed by atoms with Gasteiger partial charge in [0.25, 0.3) is 0 Å². The van der Waals surface area contributed by atoms with Gasteiger partial charge in [0.05, 0.1) is 6.42 Å². The van der Waals surface area contributed by atoms with E-state index in [1.807, 2.05) is 30.3 Å². The Labute approximate surface area is 115 Å². The van der Waals surface area contributed by atoms with E-state index in [0.717, 1.165) is 27.6 Å². The lowest BCUT2D eigenvalue weighted by atomic mass is 10.2. The maximum Gasteiger partial charge on any atom is 0.307 e. The molecule has 2 aromatic rings. The van der Waals surface area contributed by atoms with Crippen molar-refractivity contribution in [2.75, 3.05) is 0 Å². The van der Waals surface area contributed by atoms with Gasteiger partial charge in [0.15, 0.2) is 0 Å². The fraction of sp³-hybridized carbons (Fsp3) is 0.214. The van der Waals surface area contributed by atoms with Crippen LogP contribution in [-0.4, -0.2) is 21.0 Å². The van der Waals surface area contributed by atoms with Crippen LogP contribution in [0.1, 0.15) is 18.2 Å². The van der Waals surface area contributed by atoms with Crippen LogP contribution in [0.25, 0.3) is 0 Å². The predicted octanol–water partition coefficient (Wildman–Crippen LogP) is 2.82. The summed E-state index contributed by atoms with van der Waals surface area (Å²) in [5.74, 6) is -0.816. The van der Waals surface area contributed by atoms with E-state index in [0.29, 0.717) is 0 Å². The fourth-order valence-corrected chi connectivity index (χ4v) is 2.41.